The minimum absolute atomic E-state index is 0.0813. The smallest absolute Gasteiger partial charge is 0.322 e. The van der Waals surface area contributed by atoms with Gasteiger partial charge in [0.05, 0.1) is 0 Å². The Morgan fingerprint density at radius 1 is 1.20 bits per heavy atom. The summed E-state index contributed by atoms with van der Waals surface area (Å²) < 4.78 is 0. The minimum atomic E-state index is -1.23. The quantitative estimate of drug-likeness (QED) is 0.331. The summed E-state index contributed by atoms with van der Waals surface area (Å²) in [5.41, 5.74) is 5.22. The van der Waals surface area contributed by atoms with Gasteiger partial charge in [-0.1, -0.05) is 12.6 Å². The van der Waals surface area contributed by atoms with E-state index in [2.05, 4.69) is 23.3 Å². The lowest BCUT2D eigenvalue weighted by Crippen LogP contribution is -2.49. The van der Waals surface area contributed by atoms with Crippen LogP contribution in [0.5, 0.6) is 0 Å². The van der Waals surface area contributed by atoms with E-state index in [4.69, 9.17) is 15.9 Å². The first-order chi connectivity index (χ1) is 9.27. The molecule has 2 amide bonds. The molecule has 0 aliphatic carbocycles. The van der Waals surface area contributed by atoms with Crippen LogP contribution in [0, 0.1) is 0 Å². The number of amides is 2. The summed E-state index contributed by atoms with van der Waals surface area (Å²) in [6.45, 7) is -0.579. The highest BCUT2D eigenvalue weighted by Crippen LogP contribution is 1.97. The zero-order chi connectivity index (χ0) is 15.7. The highest BCUT2D eigenvalue weighted by Gasteiger charge is 2.21. The lowest BCUT2D eigenvalue weighted by molar-refractivity contribution is -0.139. The van der Waals surface area contributed by atoms with Crippen LogP contribution in [-0.2, 0) is 19.2 Å². The van der Waals surface area contributed by atoms with E-state index in [1.807, 2.05) is 0 Å². The Balaban J connectivity index is 4.21. The standard InChI is InChI=1S/C10H16N3O6S/c11-5(10(18)19)1-2-7(14)13-6(4-20)9(17)12-3-8(15)16/h5-6H,1-4,11H2,(H,12,17)(H,13,14)(H,15,16)(H,18,19)/t5-,6+/m0/s1. The van der Waals surface area contributed by atoms with E-state index >= 15 is 0 Å². The molecule has 0 heterocycles. The fraction of sp³-hybridized carbons (Fsp3) is 0.600. The molecular weight excluding hydrogens is 290 g/mol. The van der Waals surface area contributed by atoms with E-state index in [1.54, 1.807) is 0 Å². The summed E-state index contributed by atoms with van der Waals surface area (Å²) in [7, 11) is 0. The van der Waals surface area contributed by atoms with E-state index in [1.165, 1.54) is 0 Å². The lowest BCUT2D eigenvalue weighted by Gasteiger charge is -2.15. The first-order valence-corrected chi connectivity index (χ1v) is 6.21. The Kier molecular flexibility index (Phi) is 8.32. The van der Waals surface area contributed by atoms with Crippen LogP contribution in [0.25, 0.3) is 0 Å². The average molecular weight is 306 g/mol. The fourth-order valence-corrected chi connectivity index (χ4v) is 1.38. The van der Waals surface area contributed by atoms with E-state index < -0.39 is 42.4 Å². The number of carboxylic acids is 2. The number of carbonyl (C=O) groups is 4. The van der Waals surface area contributed by atoms with Crippen molar-refractivity contribution in [1.29, 1.82) is 0 Å². The van der Waals surface area contributed by atoms with Gasteiger partial charge in [-0.3, -0.25) is 19.2 Å². The van der Waals surface area contributed by atoms with Crippen LogP contribution in [0.3, 0.4) is 0 Å². The summed E-state index contributed by atoms with van der Waals surface area (Å²) in [4.78, 5) is 43.7. The van der Waals surface area contributed by atoms with Crippen LogP contribution in [-0.4, -0.2) is 58.3 Å². The number of nitrogens with one attached hydrogen (secondary N) is 2. The highest BCUT2D eigenvalue weighted by atomic mass is 32.1. The van der Waals surface area contributed by atoms with Gasteiger partial charge in [0.25, 0.3) is 0 Å². The number of carbonyl (C=O) groups excluding carboxylic acids is 2. The molecule has 0 saturated carbocycles. The molecule has 0 saturated heterocycles. The maximum Gasteiger partial charge on any atom is 0.322 e. The molecule has 0 aliphatic heterocycles. The van der Waals surface area contributed by atoms with Crippen molar-refractivity contribution in [2.45, 2.75) is 24.9 Å². The third-order valence-electron chi connectivity index (χ3n) is 2.23. The van der Waals surface area contributed by atoms with Crippen molar-refractivity contribution in [3.63, 3.8) is 0 Å². The predicted octanol–water partition coefficient (Wildman–Crippen LogP) is -1.94. The van der Waals surface area contributed by atoms with Gasteiger partial charge < -0.3 is 26.6 Å². The van der Waals surface area contributed by atoms with Gasteiger partial charge in [-0.25, -0.2) is 0 Å². The summed E-state index contributed by atoms with van der Waals surface area (Å²) >= 11 is 4.68. The van der Waals surface area contributed by atoms with E-state index in [0.29, 0.717) is 0 Å². The second-order valence-corrected chi connectivity index (χ2v) is 4.22. The van der Waals surface area contributed by atoms with Gasteiger partial charge in [-0.15, -0.1) is 0 Å². The molecule has 0 aromatic rings. The number of nitrogens with two attached hydrogens (primary N) is 1. The molecule has 20 heavy (non-hydrogen) atoms. The summed E-state index contributed by atoms with van der Waals surface area (Å²) in [6, 6.07) is -2.21. The molecule has 2 atom stereocenters. The van der Waals surface area contributed by atoms with E-state index in [0.717, 1.165) is 0 Å². The van der Waals surface area contributed by atoms with Crippen LogP contribution < -0.4 is 16.4 Å². The zero-order valence-corrected chi connectivity index (χ0v) is 11.3. The van der Waals surface area contributed by atoms with Crippen molar-refractivity contribution < 1.29 is 29.4 Å². The van der Waals surface area contributed by atoms with Gasteiger partial charge >= 0.3 is 11.9 Å². The second kappa shape index (κ2) is 9.15. The van der Waals surface area contributed by atoms with Crippen LogP contribution in [0.1, 0.15) is 12.8 Å². The molecule has 9 nitrogen and oxygen atoms in total. The van der Waals surface area contributed by atoms with Gasteiger partial charge in [-0.2, -0.15) is 0 Å². The van der Waals surface area contributed by atoms with Crippen molar-refractivity contribution in [2.75, 3.05) is 12.3 Å². The number of carboxylic acid groups (broad SMARTS) is 2. The van der Waals surface area contributed by atoms with Crippen molar-refractivity contribution in [3.8, 4) is 0 Å². The normalized spacial score (nSPS) is 13.1. The van der Waals surface area contributed by atoms with Gasteiger partial charge in [0.2, 0.25) is 11.8 Å². The first kappa shape index (κ1) is 18.2. The van der Waals surface area contributed by atoms with Crippen LogP contribution in [0.2, 0.25) is 0 Å². The monoisotopic (exact) mass is 306 g/mol. The average Bonchev–Trinajstić information content (AvgIpc) is 2.38. The van der Waals surface area contributed by atoms with Gasteiger partial charge in [0.15, 0.2) is 0 Å². The largest absolute Gasteiger partial charge is 0.480 e. The van der Waals surface area contributed by atoms with Crippen LogP contribution in [0.15, 0.2) is 0 Å². The SMILES string of the molecule is N[C@@H](CCC(=O)N[C@H](C[S])C(=O)NCC(=O)O)C(=O)O. The summed E-state index contributed by atoms with van der Waals surface area (Å²) in [6.07, 6.45) is -0.256. The first-order valence-electron chi connectivity index (χ1n) is 5.63. The molecule has 0 fully saturated rings. The molecule has 0 aromatic heterocycles. The van der Waals surface area contributed by atoms with E-state index in [-0.39, 0.29) is 18.6 Å². The van der Waals surface area contributed by atoms with Gasteiger partial charge in [-0.05, 0) is 6.42 Å². The topological polar surface area (TPSA) is 159 Å². The van der Waals surface area contributed by atoms with Crippen molar-refractivity contribution in [3.05, 3.63) is 0 Å². The Labute approximate surface area is 120 Å². The van der Waals surface area contributed by atoms with E-state index in [9.17, 15) is 19.2 Å². The second-order valence-electron chi connectivity index (χ2n) is 3.88. The Morgan fingerprint density at radius 2 is 1.80 bits per heavy atom. The maximum atomic E-state index is 11.5. The molecular formula is C10H16N3O6S. The Hall–Kier alpha value is -1.81. The van der Waals surface area contributed by atoms with Crippen LogP contribution in [0.4, 0.5) is 0 Å². The molecule has 10 heteroatoms. The molecule has 0 rings (SSSR count). The molecule has 0 bridgehead atoms. The summed E-state index contributed by atoms with van der Waals surface area (Å²) in [5, 5.41) is 21.3. The van der Waals surface area contributed by atoms with Crippen LogP contribution >= 0.6 is 12.6 Å². The fourth-order valence-electron chi connectivity index (χ4n) is 1.15. The van der Waals surface area contributed by atoms with Crippen molar-refractivity contribution in [2.24, 2.45) is 5.73 Å². The molecule has 1 radical (unpaired) electrons. The molecule has 0 spiro atoms. The van der Waals surface area contributed by atoms with Gasteiger partial charge in [0.1, 0.15) is 18.6 Å². The third kappa shape index (κ3) is 7.59. The zero-order valence-electron chi connectivity index (χ0n) is 10.5. The third-order valence-corrected chi connectivity index (χ3v) is 2.57. The van der Waals surface area contributed by atoms with Gasteiger partial charge in [0, 0.05) is 12.2 Å². The highest BCUT2D eigenvalue weighted by molar-refractivity contribution is 7.80. The number of hydrogen-bond acceptors (Lipinski definition) is 5. The molecule has 113 valence electrons. The van der Waals surface area contributed by atoms with Crippen molar-refractivity contribution in [1.82, 2.24) is 10.6 Å². The Morgan fingerprint density at radius 3 is 2.25 bits per heavy atom. The minimum Gasteiger partial charge on any atom is -0.480 e. The number of hydrogen-bond donors (Lipinski definition) is 5. The Bertz CT molecular complexity index is 389. The summed E-state index contributed by atoms with van der Waals surface area (Å²) in [5.74, 6) is -3.88. The maximum absolute atomic E-state index is 11.5. The lowest BCUT2D eigenvalue weighted by atomic mass is 10.1. The molecule has 0 aromatic carbocycles. The molecule has 0 aliphatic rings. The predicted molar refractivity (Wildman–Crippen MR) is 69.9 cm³/mol. The number of aliphatic carboxylic acids is 2. The number of rotatable bonds is 9. The molecule has 0 unspecified atom stereocenters. The van der Waals surface area contributed by atoms with Crippen molar-refractivity contribution >= 4 is 36.4 Å². The molecule has 6 N–H and O–H groups in total.